The SMILES string of the molecule is O=C(Nc1ccc(Cl)cc1C#CCO)C1CCSC1. The third kappa shape index (κ3) is 3.90. The zero-order chi connectivity index (χ0) is 13.7. The molecular formula is C14H14ClNO2S. The van der Waals surface area contributed by atoms with Gasteiger partial charge in [-0.3, -0.25) is 4.79 Å². The number of rotatable bonds is 2. The number of carbonyl (C=O) groups excluding carboxylic acids is 1. The Morgan fingerprint density at radius 1 is 1.58 bits per heavy atom. The largest absolute Gasteiger partial charge is 0.384 e. The molecule has 0 spiro atoms. The number of halogens is 1. The van der Waals surface area contributed by atoms with E-state index in [0.29, 0.717) is 16.3 Å². The number of carbonyl (C=O) groups is 1. The van der Waals surface area contributed by atoms with Crippen molar-refractivity contribution < 1.29 is 9.90 Å². The lowest BCUT2D eigenvalue weighted by Gasteiger charge is -2.11. The molecule has 1 aromatic carbocycles. The van der Waals surface area contributed by atoms with Gasteiger partial charge in [0.25, 0.3) is 0 Å². The molecule has 2 N–H and O–H groups in total. The van der Waals surface area contributed by atoms with E-state index in [2.05, 4.69) is 17.2 Å². The van der Waals surface area contributed by atoms with E-state index >= 15 is 0 Å². The first-order valence-electron chi connectivity index (χ1n) is 5.98. The number of anilines is 1. The molecule has 1 aliphatic rings. The molecule has 0 radical (unpaired) electrons. The molecule has 0 aromatic heterocycles. The minimum atomic E-state index is -0.223. The first kappa shape index (κ1) is 14.3. The Kier molecular flexibility index (Phi) is 5.15. The Hall–Kier alpha value is -1.15. The van der Waals surface area contributed by atoms with Gasteiger partial charge in [0.15, 0.2) is 0 Å². The third-order valence-electron chi connectivity index (χ3n) is 2.84. The zero-order valence-corrected chi connectivity index (χ0v) is 11.9. The fourth-order valence-electron chi connectivity index (χ4n) is 1.84. The summed E-state index contributed by atoms with van der Waals surface area (Å²) in [5.41, 5.74) is 1.27. The van der Waals surface area contributed by atoms with Crippen molar-refractivity contribution in [2.45, 2.75) is 6.42 Å². The number of benzene rings is 1. The highest BCUT2D eigenvalue weighted by molar-refractivity contribution is 7.99. The van der Waals surface area contributed by atoms with Crippen LogP contribution < -0.4 is 5.32 Å². The molecule has 0 bridgehead atoms. The molecule has 1 fully saturated rings. The molecule has 1 aromatic rings. The molecule has 1 amide bonds. The van der Waals surface area contributed by atoms with Crippen molar-refractivity contribution in [1.29, 1.82) is 0 Å². The van der Waals surface area contributed by atoms with Gasteiger partial charge in [-0.1, -0.05) is 23.4 Å². The lowest BCUT2D eigenvalue weighted by Crippen LogP contribution is -2.22. The minimum Gasteiger partial charge on any atom is -0.384 e. The van der Waals surface area contributed by atoms with Gasteiger partial charge in [-0.25, -0.2) is 0 Å². The Bertz CT molecular complexity index is 530. The molecule has 1 heterocycles. The average Bonchev–Trinajstić information content (AvgIpc) is 2.93. The van der Waals surface area contributed by atoms with Crippen molar-refractivity contribution in [1.82, 2.24) is 0 Å². The van der Waals surface area contributed by atoms with Gasteiger partial charge in [-0.05, 0) is 30.4 Å². The minimum absolute atomic E-state index is 0.0272. The van der Waals surface area contributed by atoms with Crippen LogP contribution in [-0.4, -0.2) is 29.1 Å². The zero-order valence-electron chi connectivity index (χ0n) is 10.3. The summed E-state index contributed by atoms with van der Waals surface area (Å²) in [6.45, 7) is -0.223. The van der Waals surface area contributed by atoms with Crippen molar-refractivity contribution in [2.75, 3.05) is 23.4 Å². The van der Waals surface area contributed by atoms with Crippen LogP contribution in [-0.2, 0) is 4.79 Å². The molecular weight excluding hydrogens is 282 g/mol. The molecule has 1 aliphatic heterocycles. The Morgan fingerprint density at radius 2 is 2.42 bits per heavy atom. The van der Waals surface area contributed by atoms with Crippen molar-refractivity contribution in [2.24, 2.45) is 5.92 Å². The number of amides is 1. The lowest BCUT2D eigenvalue weighted by molar-refractivity contribution is -0.119. The molecule has 3 nitrogen and oxygen atoms in total. The Balaban J connectivity index is 2.16. The summed E-state index contributed by atoms with van der Waals surface area (Å²) < 4.78 is 0. The topological polar surface area (TPSA) is 49.3 Å². The highest BCUT2D eigenvalue weighted by Gasteiger charge is 2.23. The molecule has 0 aliphatic carbocycles. The van der Waals surface area contributed by atoms with E-state index in [1.54, 1.807) is 30.0 Å². The number of nitrogens with one attached hydrogen (secondary N) is 1. The maximum absolute atomic E-state index is 12.1. The van der Waals surface area contributed by atoms with Crippen LogP contribution in [0.3, 0.4) is 0 Å². The number of aliphatic hydroxyl groups excluding tert-OH is 1. The maximum Gasteiger partial charge on any atom is 0.228 e. The van der Waals surface area contributed by atoms with E-state index in [1.165, 1.54) is 0 Å². The van der Waals surface area contributed by atoms with E-state index < -0.39 is 0 Å². The highest BCUT2D eigenvalue weighted by atomic mass is 35.5. The lowest BCUT2D eigenvalue weighted by atomic mass is 10.1. The summed E-state index contributed by atoms with van der Waals surface area (Å²) in [5.74, 6) is 7.37. The van der Waals surface area contributed by atoms with Crippen LogP contribution in [0.25, 0.3) is 0 Å². The maximum atomic E-state index is 12.1. The fraction of sp³-hybridized carbons (Fsp3) is 0.357. The summed E-state index contributed by atoms with van der Waals surface area (Å²) in [7, 11) is 0. The number of hydrogen-bond donors (Lipinski definition) is 2. The standard InChI is InChI=1S/C14H14ClNO2S/c15-12-3-4-13(10(8-12)2-1-6-17)16-14(18)11-5-7-19-9-11/h3-4,8,11,17H,5-7,9H2,(H,16,18). The van der Waals surface area contributed by atoms with Gasteiger partial charge < -0.3 is 10.4 Å². The monoisotopic (exact) mass is 295 g/mol. The highest BCUT2D eigenvalue weighted by Crippen LogP contribution is 2.26. The van der Waals surface area contributed by atoms with Gasteiger partial charge in [0.05, 0.1) is 5.69 Å². The molecule has 0 saturated carbocycles. The third-order valence-corrected chi connectivity index (χ3v) is 4.24. The van der Waals surface area contributed by atoms with E-state index in [0.717, 1.165) is 17.9 Å². The van der Waals surface area contributed by atoms with Crippen molar-refractivity contribution in [3.63, 3.8) is 0 Å². The van der Waals surface area contributed by atoms with Gasteiger partial charge in [-0.15, -0.1) is 0 Å². The smallest absolute Gasteiger partial charge is 0.228 e. The van der Waals surface area contributed by atoms with Crippen LogP contribution in [0, 0.1) is 17.8 Å². The summed E-state index contributed by atoms with van der Waals surface area (Å²) in [6, 6.07) is 5.14. The molecule has 2 rings (SSSR count). The van der Waals surface area contributed by atoms with E-state index in [-0.39, 0.29) is 18.4 Å². The summed E-state index contributed by atoms with van der Waals surface area (Å²) in [6.07, 6.45) is 0.918. The Labute approximate surface area is 121 Å². The molecule has 1 unspecified atom stereocenters. The van der Waals surface area contributed by atoms with Gasteiger partial charge in [0.1, 0.15) is 6.61 Å². The number of aliphatic hydroxyl groups is 1. The van der Waals surface area contributed by atoms with Crippen molar-refractivity contribution in [3.05, 3.63) is 28.8 Å². The normalized spacial score (nSPS) is 17.7. The van der Waals surface area contributed by atoms with E-state index in [9.17, 15) is 4.79 Å². The predicted octanol–water partition coefficient (Wildman–Crippen LogP) is 2.38. The van der Waals surface area contributed by atoms with Gasteiger partial charge >= 0.3 is 0 Å². The first-order chi connectivity index (χ1) is 9.20. The molecule has 5 heteroatoms. The quantitative estimate of drug-likeness (QED) is 0.824. The fourth-order valence-corrected chi connectivity index (χ4v) is 3.23. The van der Waals surface area contributed by atoms with E-state index in [1.807, 2.05) is 0 Å². The van der Waals surface area contributed by atoms with Gasteiger partial charge in [-0.2, -0.15) is 11.8 Å². The van der Waals surface area contributed by atoms with E-state index in [4.69, 9.17) is 16.7 Å². The van der Waals surface area contributed by atoms with Crippen LogP contribution >= 0.6 is 23.4 Å². The average molecular weight is 296 g/mol. The summed E-state index contributed by atoms with van der Waals surface area (Å²) in [4.78, 5) is 12.1. The second-order valence-electron chi connectivity index (χ2n) is 4.20. The van der Waals surface area contributed by atoms with Crippen molar-refractivity contribution in [3.8, 4) is 11.8 Å². The second-order valence-corrected chi connectivity index (χ2v) is 5.79. The van der Waals surface area contributed by atoms with Crippen LogP contribution in [0.1, 0.15) is 12.0 Å². The summed E-state index contributed by atoms with van der Waals surface area (Å²) >= 11 is 7.71. The molecule has 1 atom stereocenters. The molecule has 1 saturated heterocycles. The van der Waals surface area contributed by atoms with Crippen LogP contribution in [0.15, 0.2) is 18.2 Å². The molecule has 100 valence electrons. The predicted molar refractivity (Wildman–Crippen MR) is 79.5 cm³/mol. The van der Waals surface area contributed by atoms with Gasteiger partial charge in [0.2, 0.25) is 5.91 Å². The molecule has 19 heavy (non-hydrogen) atoms. The van der Waals surface area contributed by atoms with Crippen molar-refractivity contribution >= 4 is 35.0 Å². The first-order valence-corrected chi connectivity index (χ1v) is 7.52. The van der Waals surface area contributed by atoms with Gasteiger partial charge in [0, 0.05) is 22.3 Å². The van der Waals surface area contributed by atoms with Crippen LogP contribution in [0.5, 0.6) is 0 Å². The summed E-state index contributed by atoms with van der Waals surface area (Å²) in [5, 5.41) is 12.2. The number of hydrogen-bond acceptors (Lipinski definition) is 3. The Morgan fingerprint density at radius 3 is 3.11 bits per heavy atom. The van der Waals surface area contributed by atoms with Crippen LogP contribution in [0.2, 0.25) is 5.02 Å². The van der Waals surface area contributed by atoms with Crippen LogP contribution in [0.4, 0.5) is 5.69 Å². The number of thioether (sulfide) groups is 1. The second kappa shape index (κ2) is 6.85.